The molecule has 3 aromatic rings. The van der Waals surface area contributed by atoms with Gasteiger partial charge in [0.1, 0.15) is 15.5 Å². The summed E-state index contributed by atoms with van der Waals surface area (Å²) < 4.78 is 15.6. The number of hydrogen-bond acceptors (Lipinski definition) is 4. The van der Waals surface area contributed by atoms with Crippen molar-refractivity contribution < 1.29 is 9.18 Å². The Hall–Kier alpha value is -2.74. The minimum atomic E-state index is -0.421. The Morgan fingerprint density at radius 1 is 1.18 bits per heavy atom. The van der Waals surface area contributed by atoms with Crippen molar-refractivity contribution in [3.8, 4) is 0 Å². The second-order valence-corrected chi connectivity index (χ2v) is 7.68. The SMILES string of the molecule is CCCCCn1c(=O)c(C)c2sc(C(=O)NCc3ccc(F)cc3)cn2c1=O. The van der Waals surface area contributed by atoms with Crippen LogP contribution in [0, 0.1) is 12.7 Å². The summed E-state index contributed by atoms with van der Waals surface area (Å²) in [6.45, 7) is 4.34. The number of aromatic nitrogens is 2. The van der Waals surface area contributed by atoms with Gasteiger partial charge in [0.15, 0.2) is 0 Å². The van der Waals surface area contributed by atoms with Gasteiger partial charge in [-0.15, -0.1) is 11.3 Å². The molecule has 0 saturated carbocycles. The molecule has 0 atom stereocenters. The Morgan fingerprint density at radius 3 is 2.57 bits per heavy atom. The molecular weight excluding hydrogens is 381 g/mol. The number of carbonyl (C=O) groups is 1. The molecule has 0 spiro atoms. The summed E-state index contributed by atoms with van der Waals surface area (Å²) in [6, 6.07) is 5.85. The van der Waals surface area contributed by atoms with Crippen molar-refractivity contribution in [2.75, 3.05) is 0 Å². The fourth-order valence-corrected chi connectivity index (χ4v) is 3.96. The van der Waals surface area contributed by atoms with Crippen LogP contribution in [0.25, 0.3) is 4.83 Å². The molecule has 0 aliphatic carbocycles. The molecule has 0 fully saturated rings. The highest BCUT2D eigenvalue weighted by molar-refractivity contribution is 7.19. The summed E-state index contributed by atoms with van der Waals surface area (Å²) in [6.07, 6.45) is 4.17. The minimum absolute atomic E-state index is 0.241. The van der Waals surface area contributed by atoms with Crippen LogP contribution in [0.15, 0.2) is 40.1 Å². The van der Waals surface area contributed by atoms with Crippen LogP contribution >= 0.6 is 11.3 Å². The van der Waals surface area contributed by atoms with Crippen molar-refractivity contribution in [2.24, 2.45) is 0 Å². The Morgan fingerprint density at radius 2 is 1.89 bits per heavy atom. The van der Waals surface area contributed by atoms with Crippen LogP contribution in [0.3, 0.4) is 0 Å². The summed E-state index contributed by atoms with van der Waals surface area (Å²) in [5.74, 6) is -0.683. The van der Waals surface area contributed by atoms with E-state index in [1.54, 1.807) is 19.1 Å². The number of nitrogens with one attached hydrogen (secondary N) is 1. The number of benzene rings is 1. The predicted octanol–water partition coefficient (Wildman–Crippen LogP) is 3.09. The lowest BCUT2D eigenvalue weighted by Gasteiger charge is -2.06. The molecular formula is C20H22FN3O3S. The lowest BCUT2D eigenvalue weighted by Crippen LogP contribution is -2.38. The fraction of sp³-hybridized carbons (Fsp3) is 0.350. The van der Waals surface area contributed by atoms with Gasteiger partial charge in [-0.3, -0.25) is 18.6 Å². The van der Waals surface area contributed by atoms with Crippen molar-refractivity contribution in [2.45, 2.75) is 46.2 Å². The Labute approximate surface area is 165 Å². The van der Waals surface area contributed by atoms with Crippen LogP contribution in [0.5, 0.6) is 0 Å². The second-order valence-electron chi connectivity index (χ2n) is 6.65. The van der Waals surface area contributed by atoms with Crippen LogP contribution in [0.4, 0.5) is 4.39 Å². The van der Waals surface area contributed by atoms with Gasteiger partial charge in [-0.25, -0.2) is 9.18 Å². The third kappa shape index (κ3) is 4.06. The minimum Gasteiger partial charge on any atom is -0.347 e. The summed E-state index contributed by atoms with van der Waals surface area (Å²) in [7, 11) is 0. The number of fused-ring (bicyclic) bond motifs is 1. The first-order valence-corrected chi connectivity index (χ1v) is 10.0. The maximum atomic E-state index is 13.0. The molecule has 8 heteroatoms. The third-order valence-corrected chi connectivity index (χ3v) is 5.78. The third-order valence-electron chi connectivity index (χ3n) is 4.57. The van der Waals surface area contributed by atoms with Gasteiger partial charge in [-0.05, 0) is 31.0 Å². The van der Waals surface area contributed by atoms with Gasteiger partial charge in [0.05, 0.1) is 0 Å². The van der Waals surface area contributed by atoms with E-state index in [-0.39, 0.29) is 23.8 Å². The van der Waals surface area contributed by atoms with E-state index in [1.807, 2.05) is 0 Å². The highest BCUT2D eigenvalue weighted by atomic mass is 32.1. The van der Waals surface area contributed by atoms with E-state index in [4.69, 9.17) is 0 Å². The molecule has 0 radical (unpaired) electrons. The Kier molecular flexibility index (Phi) is 6.08. The van der Waals surface area contributed by atoms with Gasteiger partial charge in [0.25, 0.3) is 11.5 Å². The predicted molar refractivity (Wildman–Crippen MR) is 108 cm³/mol. The molecule has 28 heavy (non-hydrogen) atoms. The molecule has 148 valence electrons. The van der Waals surface area contributed by atoms with E-state index in [2.05, 4.69) is 12.2 Å². The van der Waals surface area contributed by atoms with Gasteiger partial charge in [-0.1, -0.05) is 31.9 Å². The van der Waals surface area contributed by atoms with Crippen molar-refractivity contribution >= 4 is 22.1 Å². The summed E-state index contributed by atoms with van der Waals surface area (Å²) in [4.78, 5) is 38.6. The Bertz CT molecular complexity index is 1110. The van der Waals surface area contributed by atoms with Crippen LogP contribution < -0.4 is 16.6 Å². The molecule has 0 saturated heterocycles. The molecule has 1 N–H and O–H groups in total. The Balaban J connectivity index is 1.86. The average molecular weight is 403 g/mol. The number of aryl methyl sites for hydroxylation is 1. The fourth-order valence-electron chi connectivity index (χ4n) is 2.96. The van der Waals surface area contributed by atoms with E-state index in [1.165, 1.54) is 27.3 Å². The lowest BCUT2D eigenvalue weighted by atomic mass is 10.2. The van der Waals surface area contributed by atoms with Crippen molar-refractivity contribution in [3.05, 3.63) is 73.1 Å². The maximum Gasteiger partial charge on any atom is 0.336 e. The molecule has 2 aromatic heterocycles. The van der Waals surface area contributed by atoms with Crippen LogP contribution in [0.2, 0.25) is 0 Å². The summed E-state index contributed by atoms with van der Waals surface area (Å²) in [5.41, 5.74) is 0.496. The molecule has 6 nitrogen and oxygen atoms in total. The van der Waals surface area contributed by atoms with E-state index in [0.29, 0.717) is 21.8 Å². The topological polar surface area (TPSA) is 72.6 Å². The number of carbonyl (C=O) groups excluding carboxylic acids is 1. The van der Waals surface area contributed by atoms with E-state index < -0.39 is 5.69 Å². The van der Waals surface area contributed by atoms with Gasteiger partial charge >= 0.3 is 5.69 Å². The van der Waals surface area contributed by atoms with Crippen LogP contribution in [-0.2, 0) is 13.1 Å². The molecule has 0 bridgehead atoms. The first kappa shape index (κ1) is 20.0. The monoisotopic (exact) mass is 403 g/mol. The first-order chi connectivity index (χ1) is 13.4. The number of halogens is 1. The zero-order valence-corrected chi connectivity index (χ0v) is 16.6. The van der Waals surface area contributed by atoms with E-state index >= 15 is 0 Å². The van der Waals surface area contributed by atoms with Gasteiger partial charge in [0.2, 0.25) is 0 Å². The van der Waals surface area contributed by atoms with Crippen molar-refractivity contribution in [1.29, 1.82) is 0 Å². The van der Waals surface area contributed by atoms with Crippen LogP contribution in [0.1, 0.15) is 47.0 Å². The number of rotatable bonds is 7. The zero-order valence-electron chi connectivity index (χ0n) is 15.8. The molecule has 0 unspecified atom stereocenters. The molecule has 0 aliphatic heterocycles. The lowest BCUT2D eigenvalue weighted by molar-refractivity contribution is 0.0954. The normalized spacial score (nSPS) is 11.1. The highest BCUT2D eigenvalue weighted by Gasteiger charge is 2.17. The molecule has 3 rings (SSSR count). The quantitative estimate of drug-likeness (QED) is 0.616. The second kappa shape index (κ2) is 8.52. The number of amides is 1. The molecule has 2 heterocycles. The van der Waals surface area contributed by atoms with Gasteiger partial charge in [-0.2, -0.15) is 0 Å². The van der Waals surface area contributed by atoms with Gasteiger partial charge in [0, 0.05) is 24.8 Å². The molecule has 0 aliphatic rings. The highest BCUT2D eigenvalue weighted by Crippen LogP contribution is 2.18. The van der Waals surface area contributed by atoms with E-state index in [0.717, 1.165) is 36.2 Å². The average Bonchev–Trinajstić information content (AvgIpc) is 3.14. The maximum absolute atomic E-state index is 13.0. The largest absolute Gasteiger partial charge is 0.347 e. The smallest absolute Gasteiger partial charge is 0.336 e. The number of thiazole rings is 1. The summed E-state index contributed by atoms with van der Waals surface area (Å²) >= 11 is 1.11. The van der Waals surface area contributed by atoms with E-state index in [9.17, 15) is 18.8 Å². The molecule has 1 aromatic carbocycles. The standard InChI is InChI=1S/C20H22FN3O3S/c1-3-4-5-10-23-18(26)13(2)19-24(20(23)27)12-16(28-19)17(25)22-11-14-6-8-15(21)9-7-14/h6-9,12H,3-5,10-11H2,1-2H3,(H,22,25). The number of hydrogen-bond donors (Lipinski definition) is 1. The number of unbranched alkanes of at least 4 members (excludes halogenated alkanes) is 2. The zero-order chi connectivity index (χ0) is 20.3. The number of nitrogens with zero attached hydrogens (tertiary/aromatic N) is 2. The van der Waals surface area contributed by atoms with Crippen molar-refractivity contribution in [1.82, 2.24) is 14.3 Å². The van der Waals surface area contributed by atoms with Crippen LogP contribution in [-0.4, -0.2) is 14.9 Å². The summed E-state index contributed by atoms with van der Waals surface area (Å²) in [5, 5.41) is 2.75. The van der Waals surface area contributed by atoms with Gasteiger partial charge < -0.3 is 5.32 Å². The first-order valence-electron chi connectivity index (χ1n) is 9.20. The molecule has 1 amide bonds. The van der Waals surface area contributed by atoms with Crippen molar-refractivity contribution in [3.63, 3.8) is 0 Å².